The van der Waals surface area contributed by atoms with E-state index in [4.69, 9.17) is 11.6 Å². The fourth-order valence-electron chi connectivity index (χ4n) is 2.09. The fourth-order valence-corrected chi connectivity index (χ4v) is 2.29. The first-order valence-corrected chi connectivity index (χ1v) is 7.07. The Balaban J connectivity index is 1.63. The summed E-state index contributed by atoms with van der Waals surface area (Å²) >= 11 is 5.88. The molecule has 0 unspecified atom stereocenters. The number of aromatic nitrogens is 2. The minimum Gasteiger partial charge on any atom is -0.321 e. The zero-order valence-electron chi connectivity index (χ0n) is 11.6. The molecule has 0 radical (unpaired) electrons. The highest BCUT2D eigenvalue weighted by atomic mass is 35.5. The van der Waals surface area contributed by atoms with Gasteiger partial charge in [-0.25, -0.2) is 10.4 Å². The summed E-state index contributed by atoms with van der Waals surface area (Å²) in [5.41, 5.74) is 5.09. The van der Waals surface area contributed by atoms with Gasteiger partial charge in [-0.1, -0.05) is 35.9 Å². The summed E-state index contributed by atoms with van der Waals surface area (Å²) in [6.07, 6.45) is 3.20. The second-order valence-corrected chi connectivity index (χ2v) is 5.15. The lowest BCUT2D eigenvalue weighted by Gasteiger charge is -2.02. The van der Waals surface area contributed by atoms with Crippen molar-refractivity contribution in [2.75, 3.05) is 0 Å². The van der Waals surface area contributed by atoms with Crippen LogP contribution in [0.5, 0.6) is 0 Å². The van der Waals surface area contributed by atoms with Crippen molar-refractivity contribution in [2.45, 2.75) is 6.54 Å². The number of halogens is 1. The number of carbonyl (C=O) groups excluding carboxylic acids is 1. The molecule has 0 aliphatic rings. The minimum absolute atomic E-state index is 0.160. The molecular weight excluding hydrogens is 300 g/mol. The summed E-state index contributed by atoms with van der Waals surface area (Å²) in [6.45, 7) is 0.160. The number of para-hydroxylation sites is 2. The predicted molar refractivity (Wildman–Crippen MR) is 86.9 cm³/mol. The molecule has 0 atom stereocenters. The number of imidazole rings is 1. The van der Waals surface area contributed by atoms with Crippen LogP contribution < -0.4 is 5.43 Å². The van der Waals surface area contributed by atoms with Gasteiger partial charge in [-0.2, -0.15) is 5.10 Å². The molecule has 1 heterocycles. The summed E-state index contributed by atoms with van der Waals surface area (Å²) in [5.74, 6) is -0.221. The van der Waals surface area contributed by atoms with Crippen molar-refractivity contribution >= 4 is 34.8 Å². The van der Waals surface area contributed by atoms with E-state index >= 15 is 0 Å². The third kappa shape index (κ3) is 3.32. The molecule has 1 amide bonds. The van der Waals surface area contributed by atoms with Gasteiger partial charge >= 0.3 is 0 Å². The molecule has 1 N–H and O–H groups in total. The average molecular weight is 313 g/mol. The number of rotatable bonds is 4. The van der Waals surface area contributed by atoms with Crippen LogP contribution in [0.2, 0.25) is 5.02 Å². The van der Waals surface area contributed by atoms with E-state index in [1.807, 2.05) is 36.4 Å². The monoisotopic (exact) mass is 312 g/mol. The van der Waals surface area contributed by atoms with Crippen LogP contribution in [-0.4, -0.2) is 21.7 Å². The number of hydrogen-bond acceptors (Lipinski definition) is 3. The number of nitrogens with one attached hydrogen (secondary N) is 1. The van der Waals surface area contributed by atoms with E-state index in [0.29, 0.717) is 5.02 Å². The van der Waals surface area contributed by atoms with Gasteiger partial charge in [0.05, 0.1) is 23.6 Å². The molecule has 5 nitrogen and oxygen atoms in total. The van der Waals surface area contributed by atoms with Crippen LogP contribution in [-0.2, 0) is 11.3 Å². The number of fused-ring (bicyclic) bond motifs is 1. The molecule has 0 aliphatic heterocycles. The van der Waals surface area contributed by atoms with Crippen LogP contribution in [0.15, 0.2) is 60.0 Å². The minimum atomic E-state index is -0.221. The van der Waals surface area contributed by atoms with Gasteiger partial charge in [0, 0.05) is 5.02 Å². The second-order valence-electron chi connectivity index (χ2n) is 4.71. The second kappa shape index (κ2) is 6.41. The summed E-state index contributed by atoms with van der Waals surface area (Å²) in [7, 11) is 0. The number of amides is 1. The SMILES string of the molecule is O=C(Cn1cnc2ccccc21)N/N=C\c1cccc(Cl)c1. The van der Waals surface area contributed by atoms with E-state index in [1.165, 1.54) is 0 Å². The summed E-state index contributed by atoms with van der Waals surface area (Å²) in [4.78, 5) is 16.2. The Morgan fingerprint density at radius 2 is 2.14 bits per heavy atom. The Labute approximate surface area is 132 Å². The van der Waals surface area contributed by atoms with Crippen molar-refractivity contribution in [2.24, 2.45) is 5.10 Å². The lowest BCUT2D eigenvalue weighted by molar-refractivity contribution is -0.121. The summed E-state index contributed by atoms with van der Waals surface area (Å²) < 4.78 is 1.78. The first-order valence-electron chi connectivity index (χ1n) is 6.70. The lowest BCUT2D eigenvalue weighted by Crippen LogP contribution is -2.22. The van der Waals surface area contributed by atoms with Crippen molar-refractivity contribution in [3.63, 3.8) is 0 Å². The Bertz CT molecular complexity index is 841. The van der Waals surface area contributed by atoms with E-state index in [9.17, 15) is 4.79 Å². The Morgan fingerprint density at radius 3 is 3.00 bits per heavy atom. The smallest absolute Gasteiger partial charge is 0.260 e. The molecule has 6 heteroatoms. The van der Waals surface area contributed by atoms with Gasteiger partial charge in [0.25, 0.3) is 5.91 Å². The van der Waals surface area contributed by atoms with E-state index in [0.717, 1.165) is 16.6 Å². The Kier molecular flexibility index (Phi) is 4.16. The average Bonchev–Trinajstić information content (AvgIpc) is 2.91. The first-order chi connectivity index (χ1) is 10.7. The molecule has 110 valence electrons. The molecule has 0 fully saturated rings. The van der Waals surface area contributed by atoms with Gasteiger partial charge in [-0.05, 0) is 29.8 Å². The van der Waals surface area contributed by atoms with Crippen LogP contribution in [0.25, 0.3) is 11.0 Å². The molecule has 3 aromatic rings. The third-order valence-corrected chi connectivity index (χ3v) is 3.33. The largest absolute Gasteiger partial charge is 0.321 e. The Hall–Kier alpha value is -2.66. The van der Waals surface area contributed by atoms with E-state index in [2.05, 4.69) is 15.5 Å². The van der Waals surface area contributed by atoms with Gasteiger partial charge in [-0.15, -0.1) is 0 Å². The normalized spacial score (nSPS) is 11.1. The quantitative estimate of drug-likeness (QED) is 0.595. The molecule has 3 rings (SSSR count). The van der Waals surface area contributed by atoms with Crippen molar-refractivity contribution in [3.8, 4) is 0 Å². The van der Waals surface area contributed by atoms with Gasteiger partial charge in [-0.3, -0.25) is 4.79 Å². The topological polar surface area (TPSA) is 59.3 Å². The third-order valence-electron chi connectivity index (χ3n) is 3.09. The highest BCUT2D eigenvalue weighted by molar-refractivity contribution is 6.30. The highest BCUT2D eigenvalue weighted by Gasteiger charge is 2.05. The fraction of sp³-hybridized carbons (Fsp3) is 0.0625. The number of hydrazone groups is 1. The van der Waals surface area contributed by atoms with Crippen LogP contribution >= 0.6 is 11.6 Å². The number of carbonyl (C=O) groups is 1. The first kappa shape index (κ1) is 14.3. The number of benzene rings is 2. The molecular formula is C16H13ClN4O. The predicted octanol–water partition coefficient (Wildman–Crippen LogP) is 2.84. The highest BCUT2D eigenvalue weighted by Crippen LogP contribution is 2.11. The van der Waals surface area contributed by atoms with Crippen LogP contribution in [0.4, 0.5) is 0 Å². The van der Waals surface area contributed by atoms with Crippen molar-refractivity contribution in [1.82, 2.24) is 15.0 Å². The molecule has 2 aromatic carbocycles. The summed E-state index contributed by atoms with van der Waals surface area (Å²) in [5, 5.41) is 4.55. The van der Waals surface area contributed by atoms with Crippen molar-refractivity contribution in [3.05, 3.63) is 65.4 Å². The summed E-state index contributed by atoms with van der Waals surface area (Å²) in [6, 6.07) is 14.9. The van der Waals surface area contributed by atoms with Gasteiger partial charge in [0.2, 0.25) is 0 Å². The van der Waals surface area contributed by atoms with Crippen LogP contribution in [0.1, 0.15) is 5.56 Å². The Morgan fingerprint density at radius 1 is 1.27 bits per heavy atom. The van der Waals surface area contributed by atoms with Gasteiger partial charge in [0.15, 0.2) is 0 Å². The maximum Gasteiger partial charge on any atom is 0.260 e. The van der Waals surface area contributed by atoms with E-state index in [-0.39, 0.29) is 12.5 Å². The van der Waals surface area contributed by atoms with E-state index in [1.54, 1.807) is 29.2 Å². The van der Waals surface area contributed by atoms with Crippen molar-refractivity contribution < 1.29 is 4.79 Å². The zero-order valence-corrected chi connectivity index (χ0v) is 12.4. The molecule has 0 saturated heterocycles. The molecule has 0 aliphatic carbocycles. The maximum absolute atomic E-state index is 11.9. The molecule has 1 aromatic heterocycles. The van der Waals surface area contributed by atoms with Crippen LogP contribution in [0, 0.1) is 0 Å². The van der Waals surface area contributed by atoms with E-state index < -0.39 is 0 Å². The van der Waals surface area contributed by atoms with Crippen LogP contribution in [0.3, 0.4) is 0 Å². The van der Waals surface area contributed by atoms with Gasteiger partial charge < -0.3 is 4.57 Å². The number of hydrogen-bond donors (Lipinski definition) is 1. The maximum atomic E-state index is 11.9. The van der Waals surface area contributed by atoms with Crippen molar-refractivity contribution in [1.29, 1.82) is 0 Å². The van der Waals surface area contributed by atoms with Gasteiger partial charge in [0.1, 0.15) is 6.54 Å². The standard InChI is InChI=1S/C16H13ClN4O/c17-13-5-3-4-12(8-13)9-19-20-16(22)10-21-11-18-14-6-1-2-7-15(14)21/h1-9,11H,10H2,(H,20,22)/b19-9-. The zero-order chi connectivity index (χ0) is 15.4. The lowest BCUT2D eigenvalue weighted by atomic mass is 10.2. The molecule has 22 heavy (non-hydrogen) atoms. The molecule has 0 spiro atoms. The molecule has 0 saturated carbocycles. The molecule has 0 bridgehead atoms. The number of nitrogens with zero attached hydrogens (tertiary/aromatic N) is 3.